The first kappa shape index (κ1) is 11.5. The summed E-state index contributed by atoms with van der Waals surface area (Å²) in [5, 5.41) is 0.839. The Kier molecular flexibility index (Phi) is 2.76. The van der Waals surface area contributed by atoms with Gasteiger partial charge in [0.2, 0.25) is 5.78 Å². The topological polar surface area (TPSA) is 52.3 Å². The molecule has 0 N–H and O–H groups in total. The van der Waals surface area contributed by atoms with Crippen molar-refractivity contribution in [2.45, 2.75) is 0 Å². The molecule has 2 heterocycles. The number of pyridine rings is 1. The summed E-state index contributed by atoms with van der Waals surface area (Å²) < 4.78 is 10.7. The van der Waals surface area contributed by atoms with Crippen LogP contribution in [0.25, 0.3) is 11.0 Å². The van der Waals surface area contributed by atoms with E-state index in [-0.39, 0.29) is 5.78 Å². The Bertz CT molecular complexity index is 731. The van der Waals surface area contributed by atoms with E-state index in [1.54, 1.807) is 43.6 Å². The van der Waals surface area contributed by atoms with Crippen LogP contribution in [0.4, 0.5) is 0 Å². The lowest BCUT2D eigenvalue weighted by molar-refractivity contribution is 0.101. The van der Waals surface area contributed by atoms with Gasteiger partial charge in [0, 0.05) is 23.3 Å². The highest BCUT2D eigenvalue weighted by atomic mass is 16.5. The predicted molar refractivity (Wildman–Crippen MR) is 70.4 cm³/mol. The maximum Gasteiger partial charge on any atom is 0.229 e. The van der Waals surface area contributed by atoms with Crippen molar-refractivity contribution >= 4 is 16.8 Å². The molecule has 0 bridgehead atoms. The van der Waals surface area contributed by atoms with E-state index in [0.717, 1.165) is 11.1 Å². The smallest absolute Gasteiger partial charge is 0.229 e. The first-order valence-corrected chi connectivity index (χ1v) is 5.80. The van der Waals surface area contributed by atoms with Gasteiger partial charge < -0.3 is 9.15 Å². The fourth-order valence-corrected chi connectivity index (χ4v) is 1.90. The van der Waals surface area contributed by atoms with Crippen LogP contribution in [0.3, 0.4) is 0 Å². The molecule has 0 fully saturated rings. The highest BCUT2D eigenvalue weighted by molar-refractivity contribution is 6.08. The molecule has 0 spiro atoms. The van der Waals surface area contributed by atoms with E-state index < -0.39 is 0 Å². The molecule has 2 aromatic heterocycles. The second kappa shape index (κ2) is 4.57. The van der Waals surface area contributed by atoms with E-state index in [1.807, 2.05) is 6.07 Å². The van der Waals surface area contributed by atoms with Crippen molar-refractivity contribution in [3.8, 4) is 5.75 Å². The summed E-state index contributed by atoms with van der Waals surface area (Å²) >= 11 is 0. The lowest BCUT2D eigenvalue weighted by Crippen LogP contribution is -1.99. The van der Waals surface area contributed by atoms with Gasteiger partial charge in [-0.1, -0.05) is 0 Å². The van der Waals surface area contributed by atoms with Gasteiger partial charge in [0.05, 0.1) is 7.11 Å². The monoisotopic (exact) mass is 253 g/mol. The number of fused-ring (bicyclic) bond motifs is 1. The molecule has 0 aliphatic rings. The summed E-state index contributed by atoms with van der Waals surface area (Å²) in [5.41, 5.74) is 1.17. The Labute approximate surface area is 109 Å². The highest BCUT2D eigenvalue weighted by Gasteiger charge is 2.14. The van der Waals surface area contributed by atoms with Crippen LogP contribution in [0, 0.1) is 0 Å². The summed E-state index contributed by atoms with van der Waals surface area (Å²) in [5.74, 6) is 0.855. The molecule has 0 aliphatic carbocycles. The van der Waals surface area contributed by atoms with Crippen molar-refractivity contribution in [1.29, 1.82) is 0 Å². The lowest BCUT2D eigenvalue weighted by atomic mass is 10.1. The minimum atomic E-state index is -0.178. The summed E-state index contributed by atoms with van der Waals surface area (Å²) in [6.45, 7) is 0. The highest BCUT2D eigenvalue weighted by Crippen LogP contribution is 2.25. The molecule has 0 aliphatic heterocycles. The molecule has 0 radical (unpaired) electrons. The standard InChI is InChI=1S/C15H11NO3/c1-18-12-4-5-13-11(7-12)8-14(19-13)15(17)10-3-2-6-16-9-10/h2-9H,1H3. The van der Waals surface area contributed by atoms with Crippen LogP contribution in [-0.4, -0.2) is 17.9 Å². The number of hydrogen-bond acceptors (Lipinski definition) is 4. The number of carbonyl (C=O) groups is 1. The molecule has 0 amide bonds. The normalized spacial score (nSPS) is 10.6. The number of methoxy groups -OCH3 is 1. The average molecular weight is 253 g/mol. The van der Waals surface area contributed by atoms with Crippen molar-refractivity contribution in [2.75, 3.05) is 7.11 Å². The molecule has 4 nitrogen and oxygen atoms in total. The molecule has 0 unspecified atom stereocenters. The predicted octanol–water partition coefficient (Wildman–Crippen LogP) is 3.07. The second-order valence-corrected chi connectivity index (χ2v) is 4.09. The van der Waals surface area contributed by atoms with E-state index in [0.29, 0.717) is 16.9 Å². The Balaban J connectivity index is 2.04. The molecule has 19 heavy (non-hydrogen) atoms. The number of furan rings is 1. The third-order valence-electron chi connectivity index (χ3n) is 2.87. The van der Waals surface area contributed by atoms with Gasteiger partial charge in [-0.25, -0.2) is 0 Å². The van der Waals surface area contributed by atoms with Gasteiger partial charge in [0.1, 0.15) is 11.3 Å². The summed E-state index contributed by atoms with van der Waals surface area (Å²) in [6.07, 6.45) is 3.15. The molecule has 4 heteroatoms. The zero-order chi connectivity index (χ0) is 13.2. The molecule has 94 valence electrons. The lowest BCUT2D eigenvalue weighted by Gasteiger charge is -1.96. The van der Waals surface area contributed by atoms with Crippen LogP contribution < -0.4 is 4.74 Å². The third kappa shape index (κ3) is 2.08. The SMILES string of the molecule is COc1ccc2oc(C(=O)c3cccnc3)cc2c1. The minimum Gasteiger partial charge on any atom is -0.497 e. The Morgan fingerprint density at radius 3 is 2.89 bits per heavy atom. The first-order valence-electron chi connectivity index (χ1n) is 5.80. The zero-order valence-corrected chi connectivity index (χ0v) is 10.3. The van der Waals surface area contributed by atoms with Crippen molar-refractivity contribution in [3.05, 3.63) is 60.1 Å². The zero-order valence-electron chi connectivity index (χ0n) is 10.3. The van der Waals surface area contributed by atoms with Crippen LogP contribution in [0.5, 0.6) is 5.75 Å². The average Bonchev–Trinajstić information content (AvgIpc) is 2.90. The number of ether oxygens (including phenoxy) is 1. The number of nitrogens with zero attached hydrogens (tertiary/aromatic N) is 1. The molecule has 1 aromatic carbocycles. The van der Waals surface area contributed by atoms with Gasteiger partial charge >= 0.3 is 0 Å². The molecule has 0 saturated carbocycles. The number of hydrogen-bond donors (Lipinski definition) is 0. The van der Waals surface area contributed by atoms with Crippen molar-refractivity contribution in [3.63, 3.8) is 0 Å². The Morgan fingerprint density at radius 1 is 1.26 bits per heavy atom. The number of benzene rings is 1. The van der Waals surface area contributed by atoms with Crippen LogP contribution >= 0.6 is 0 Å². The summed E-state index contributed by atoms with van der Waals surface area (Å²) in [7, 11) is 1.60. The fraction of sp³-hybridized carbons (Fsp3) is 0.0667. The molecule has 0 atom stereocenters. The third-order valence-corrected chi connectivity index (χ3v) is 2.87. The fourth-order valence-electron chi connectivity index (χ4n) is 1.90. The summed E-state index contributed by atoms with van der Waals surface area (Å²) in [6, 6.07) is 10.6. The van der Waals surface area contributed by atoms with Crippen molar-refractivity contribution in [1.82, 2.24) is 4.98 Å². The molecular formula is C15H11NO3. The second-order valence-electron chi connectivity index (χ2n) is 4.09. The minimum absolute atomic E-state index is 0.178. The Hall–Kier alpha value is -2.62. The maximum absolute atomic E-state index is 12.2. The quantitative estimate of drug-likeness (QED) is 0.673. The van der Waals surface area contributed by atoms with Crippen molar-refractivity contribution in [2.24, 2.45) is 0 Å². The van der Waals surface area contributed by atoms with Gasteiger partial charge in [0.15, 0.2) is 5.76 Å². The Morgan fingerprint density at radius 2 is 2.16 bits per heavy atom. The number of ketones is 1. The van der Waals surface area contributed by atoms with Crippen LogP contribution in [0.1, 0.15) is 16.1 Å². The van der Waals surface area contributed by atoms with Gasteiger partial charge in [0.25, 0.3) is 0 Å². The van der Waals surface area contributed by atoms with Crippen LogP contribution in [-0.2, 0) is 0 Å². The van der Waals surface area contributed by atoms with E-state index in [4.69, 9.17) is 9.15 Å². The summed E-state index contributed by atoms with van der Waals surface area (Å²) in [4.78, 5) is 16.1. The van der Waals surface area contributed by atoms with Gasteiger partial charge in [-0.2, -0.15) is 0 Å². The van der Waals surface area contributed by atoms with E-state index in [9.17, 15) is 4.79 Å². The number of carbonyl (C=O) groups excluding carboxylic acids is 1. The van der Waals surface area contributed by atoms with E-state index in [2.05, 4.69) is 4.98 Å². The first-order chi connectivity index (χ1) is 9.28. The molecule has 3 aromatic rings. The van der Waals surface area contributed by atoms with E-state index in [1.165, 1.54) is 6.20 Å². The number of aromatic nitrogens is 1. The maximum atomic E-state index is 12.2. The van der Waals surface area contributed by atoms with Gasteiger partial charge in [-0.15, -0.1) is 0 Å². The van der Waals surface area contributed by atoms with E-state index >= 15 is 0 Å². The number of rotatable bonds is 3. The van der Waals surface area contributed by atoms with Gasteiger partial charge in [-0.3, -0.25) is 9.78 Å². The van der Waals surface area contributed by atoms with Crippen LogP contribution in [0.2, 0.25) is 0 Å². The molecule has 3 rings (SSSR count). The van der Waals surface area contributed by atoms with Gasteiger partial charge in [-0.05, 0) is 36.4 Å². The van der Waals surface area contributed by atoms with Crippen molar-refractivity contribution < 1.29 is 13.9 Å². The largest absolute Gasteiger partial charge is 0.497 e. The molecule has 0 saturated heterocycles. The van der Waals surface area contributed by atoms with Crippen LogP contribution in [0.15, 0.2) is 53.2 Å². The molecular weight excluding hydrogens is 242 g/mol.